The molecule has 2 nitrogen and oxygen atoms in total. The van der Waals surface area contributed by atoms with Gasteiger partial charge in [0.2, 0.25) is 0 Å². The maximum absolute atomic E-state index is 12.6. The van der Waals surface area contributed by atoms with Crippen molar-refractivity contribution in [2.24, 2.45) is 0 Å². The molecule has 1 aromatic rings. The summed E-state index contributed by atoms with van der Waals surface area (Å²) in [6.07, 6.45) is 0. The molecule has 0 bridgehead atoms. The van der Waals surface area contributed by atoms with Crippen LogP contribution in [-0.4, -0.2) is 12.2 Å². The van der Waals surface area contributed by atoms with E-state index in [1.165, 1.54) is 19.2 Å². The third kappa shape index (κ3) is 1.45. The molecule has 1 rings (SSSR count). The molecular weight excluding hydrogens is 215 g/mol. The summed E-state index contributed by atoms with van der Waals surface area (Å²) in [5.41, 5.74) is 0. The lowest BCUT2D eigenvalue weighted by Gasteiger charge is -2.04. The highest BCUT2D eigenvalue weighted by atomic mass is 79.9. The Kier molecular flexibility index (Phi) is 2.34. The summed E-state index contributed by atoms with van der Waals surface area (Å²) >= 11 is 2.87. The Morgan fingerprint density at radius 1 is 1.55 bits per heavy atom. The van der Waals surface area contributed by atoms with Crippen LogP contribution in [0.25, 0.3) is 0 Å². The Balaban J connectivity index is 3.25. The van der Waals surface area contributed by atoms with E-state index in [1.54, 1.807) is 0 Å². The second-order valence-electron chi connectivity index (χ2n) is 1.91. The summed E-state index contributed by atoms with van der Waals surface area (Å²) in [6, 6.07) is 2.57. The average Bonchev–Trinajstić information content (AvgIpc) is 2.01. The first-order valence-electron chi connectivity index (χ1n) is 2.87. The van der Waals surface area contributed by atoms with E-state index in [0.717, 1.165) is 0 Å². The standard InChI is InChI=1S/C7H6BrFO2/c1-11-5-3-2-4(9)6(8)7(5)10/h2-3,10H,1H3. The minimum atomic E-state index is -0.511. The van der Waals surface area contributed by atoms with Crippen molar-refractivity contribution < 1.29 is 14.2 Å². The average molecular weight is 221 g/mol. The number of ether oxygens (including phenoxy) is 1. The summed E-state index contributed by atoms with van der Waals surface area (Å²) in [4.78, 5) is 0. The molecule has 0 aromatic heterocycles. The Morgan fingerprint density at radius 3 is 2.73 bits per heavy atom. The van der Waals surface area contributed by atoms with Crippen molar-refractivity contribution in [2.45, 2.75) is 0 Å². The van der Waals surface area contributed by atoms with Gasteiger partial charge < -0.3 is 9.84 Å². The maximum Gasteiger partial charge on any atom is 0.175 e. The lowest BCUT2D eigenvalue weighted by Crippen LogP contribution is -1.85. The van der Waals surface area contributed by atoms with Crippen LogP contribution < -0.4 is 4.74 Å². The minimum Gasteiger partial charge on any atom is -0.503 e. The molecule has 0 spiro atoms. The molecule has 60 valence electrons. The Morgan fingerprint density at radius 2 is 2.18 bits per heavy atom. The van der Waals surface area contributed by atoms with E-state index in [2.05, 4.69) is 15.9 Å². The minimum absolute atomic E-state index is 0.0249. The van der Waals surface area contributed by atoms with Gasteiger partial charge in [0, 0.05) is 0 Å². The van der Waals surface area contributed by atoms with E-state index >= 15 is 0 Å². The molecule has 11 heavy (non-hydrogen) atoms. The van der Waals surface area contributed by atoms with E-state index in [4.69, 9.17) is 9.84 Å². The summed E-state index contributed by atoms with van der Waals surface area (Å²) in [5, 5.41) is 9.17. The van der Waals surface area contributed by atoms with Crippen LogP contribution in [0.15, 0.2) is 16.6 Å². The third-order valence-corrected chi connectivity index (χ3v) is 2.01. The number of hydrogen-bond acceptors (Lipinski definition) is 2. The molecule has 0 saturated carbocycles. The van der Waals surface area contributed by atoms with Crippen LogP contribution in [-0.2, 0) is 0 Å². The first-order chi connectivity index (χ1) is 5.16. The molecule has 0 radical (unpaired) electrons. The number of halogens is 2. The fourth-order valence-corrected chi connectivity index (χ4v) is 1.01. The molecule has 0 atom stereocenters. The Bertz CT molecular complexity index is 275. The van der Waals surface area contributed by atoms with E-state index in [0.29, 0.717) is 0 Å². The maximum atomic E-state index is 12.6. The van der Waals surface area contributed by atoms with Crippen LogP contribution in [0.2, 0.25) is 0 Å². The van der Waals surface area contributed by atoms with Gasteiger partial charge in [0.1, 0.15) is 5.82 Å². The third-order valence-electron chi connectivity index (χ3n) is 1.25. The van der Waals surface area contributed by atoms with Gasteiger partial charge in [0.15, 0.2) is 11.5 Å². The molecule has 0 saturated heterocycles. The van der Waals surface area contributed by atoms with E-state index < -0.39 is 5.82 Å². The molecular formula is C7H6BrFO2. The highest BCUT2D eigenvalue weighted by Gasteiger charge is 2.09. The second kappa shape index (κ2) is 3.09. The summed E-state index contributed by atoms with van der Waals surface area (Å²) < 4.78 is 17.4. The number of hydrogen-bond donors (Lipinski definition) is 1. The van der Waals surface area contributed by atoms with Crippen LogP contribution in [0.5, 0.6) is 11.5 Å². The molecule has 0 aliphatic heterocycles. The van der Waals surface area contributed by atoms with Crippen LogP contribution in [0.3, 0.4) is 0 Å². The predicted octanol–water partition coefficient (Wildman–Crippen LogP) is 2.30. The zero-order valence-corrected chi connectivity index (χ0v) is 7.35. The van der Waals surface area contributed by atoms with Gasteiger partial charge in [-0.1, -0.05) is 0 Å². The normalized spacial score (nSPS) is 9.73. The molecule has 1 aromatic carbocycles. The quantitative estimate of drug-likeness (QED) is 0.788. The number of methoxy groups -OCH3 is 1. The van der Waals surface area contributed by atoms with E-state index in [1.807, 2.05) is 0 Å². The van der Waals surface area contributed by atoms with Crippen LogP contribution in [0.1, 0.15) is 0 Å². The zero-order chi connectivity index (χ0) is 8.43. The van der Waals surface area contributed by atoms with E-state index in [-0.39, 0.29) is 16.0 Å². The Hall–Kier alpha value is -0.770. The van der Waals surface area contributed by atoms with Gasteiger partial charge in [0.25, 0.3) is 0 Å². The lowest BCUT2D eigenvalue weighted by molar-refractivity contribution is 0.369. The zero-order valence-electron chi connectivity index (χ0n) is 5.77. The van der Waals surface area contributed by atoms with Gasteiger partial charge in [-0.15, -0.1) is 0 Å². The molecule has 1 N–H and O–H groups in total. The fraction of sp³-hybridized carbons (Fsp3) is 0.143. The summed E-state index contributed by atoms with van der Waals surface area (Å²) in [7, 11) is 1.40. The highest BCUT2D eigenvalue weighted by molar-refractivity contribution is 9.10. The van der Waals surface area contributed by atoms with Crippen molar-refractivity contribution in [3.63, 3.8) is 0 Å². The van der Waals surface area contributed by atoms with Crippen molar-refractivity contribution in [3.8, 4) is 11.5 Å². The summed E-state index contributed by atoms with van der Waals surface area (Å²) in [5.74, 6) is -0.478. The SMILES string of the molecule is COc1ccc(F)c(Br)c1O. The van der Waals surface area contributed by atoms with Gasteiger partial charge in [0.05, 0.1) is 11.6 Å². The second-order valence-corrected chi connectivity index (χ2v) is 2.71. The number of phenols is 1. The van der Waals surface area contributed by atoms with E-state index in [9.17, 15) is 4.39 Å². The van der Waals surface area contributed by atoms with Gasteiger partial charge in [-0.2, -0.15) is 0 Å². The van der Waals surface area contributed by atoms with Crippen molar-refractivity contribution in [1.29, 1.82) is 0 Å². The van der Waals surface area contributed by atoms with Crippen molar-refractivity contribution in [2.75, 3.05) is 7.11 Å². The highest BCUT2D eigenvalue weighted by Crippen LogP contribution is 2.35. The monoisotopic (exact) mass is 220 g/mol. The molecule has 0 unspecified atom stereocenters. The number of benzene rings is 1. The smallest absolute Gasteiger partial charge is 0.175 e. The van der Waals surface area contributed by atoms with Gasteiger partial charge in [-0.05, 0) is 28.1 Å². The van der Waals surface area contributed by atoms with Crippen molar-refractivity contribution in [3.05, 3.63) is 22.4 Å². The number of phenolic OH excluding ortho intramolecular Hbond substituents is 1. The van der Waals surface area contributed by atoms with Gasteiger partial charge in [-0.3, -0.25) is 0 Å². The molecule has 4 heteroatoms. The number of aromatic hydroxyl groups is 1. The number of rotatable bonds is 1. The first kappa shape index (κ1) is 8.33. The lowest BCUT2D eigenvalue weighted by atomic mass is 10.3. The largest absolute Gasteiger partial charge is 0.503 e. The van der Waals surface area contributed by atoms with Crippen LogP contribution >= 0.6 is 15.9 Å². The van der Waals surface area contributed by atoms with Crippen LogP contribution in [0.4, 0.5) is 4.39 Å². The van der Waals surface area contributed by atoms with Gasteiger partial charge >= 0.3 is 0 Å². The Labute approximate surface area is 71.7 Å². The molecule has 0 aliphatic rings. The molecule has 0 fully saturated rings. The predicted molar refractivity (Wildman–Crippen MR) is 42.3 cm³/mol. The fourth-order valence-electron chi connectivity index (χ4n) is 0.687. The molecule has 0 amide bonds. The van der Waals surface area contributed by atoms with Gasteiger partial charge in [-0.25, -0.2) is 4.39 Å². The van der Waals surface area contributed by atoms with Crippen molar-refractivity contribution >= 4 is 15.9 Å². The first-order valence-corrected chi connectivity index (χ1v) is 3.67. The molecule has 0 aliphatic carbocycles. The van der Waals surface area contributed by atoms with Crippen molar-refractivity contribution in [1.82, 2.24) is 0 Å². The topological polar surface area (TPSA) is 29.5 Å². The molecule has 0 heterocycles. The summed E-state index contributed by atoms with van der Waals surface area (Å²) in [6.45, 7) is 0. The van der Waals surface area contributed by atoms with Crippen LogP contribution in [0, 0.1) is 5.82 Å².